The number of alkyl halides is 1. The normalized spacial score (nSPS) is 16.1. The summed E-state index contributed by atoms with van der Waals surface area (Å²) in [6.45, 7) is -0.119. The summed E-state index contributed by atoms with van der Waals surface area (Å²) in [6.07, 6.45) is 4.35. The first-order valence-electron chi connectivity index (χ1n) is 8.71. The van der Waals surface area contributed by atoms with Crippen LogP contribution < -0.4 is 0 Å². The van der Waals surface area contributed by atoms with E-state index in [2.05, 4.69) is 9.97 Å². The van der Waals surface area contributed by atoms with Crippen LogP contribution in [0.4, 0.5) is 13.2 Å². The Hall–Kier alpha value is -2.73. The summed E-state index contributed by atoms with van der Waals surface area (Å²) in [7, 11) is 0. The third-order valence-electron chi connectivity index (χ3n) is 4.63. The molecule has 2 aromatic carbocycles. The predicted octanol–water partition coefficient (Wildman–Crippen LogP) is 5.02. The Kier molecular flexibility index (Phi) is 4.66. The van der Waals surface area contributed by atoms with E-state index >= 15 is 4.39 Å². The highest BCUT2D eigenvalue weighted by Crippen LogP contribution is 2.46. The van der Waals surface area contributed by atoms with Gasteiger partial charge in [-0.05, 0) is 30.5 Å². The van der Waals surface area contributed by atoms with Crippen LogP contribution in [0.3, 0.4) is 0 Å². The fraction of sp³-hybridized carbons (Fsp3) is 0.238. The molecule has 0 amide bonds. The molecule has 0 N–H and O–H groups in total. The second kappa shape index (κ2) is 7.12. The molecule has 4 rings (SSSR count). The molecule has 1 saturated carbocycles. The van der Waals surface area contributed by atoms with E-state index in [-0.39, 0.29) is 18.1 Å². The molecule has 0 radical (unpaired) electrons. The van der Waals surface area contributed by atoms with Crippen molar-refractivity contribution < 1.29 is 17.9 Å². The molecule has 1 unspecified atom stereocenters. The molecule has 3 nitrogen and oxygen atoms in total. The highest BCUT2D eigenvalue weighted by molar-refractivity contribution is 5.38. The summed E-state index contributed by atoms with van der Waals surface area (Å²) < 4.78 is 50.3. The molecule has 0 bridgehead atoms. The average molecular weight is 370 g/mol. The van der Waals surface area contributed by atoms with Crippen LogP contribution in [-0.4, -0.2) is 9.97 Å². The standard InChI is InChI=1S/C21H17F3N2O/c22-18-8-4-7-16(19(18)23)21(24,27-12-14-5-2-1-3-6-14)17-11-25-13-26-20(17)15-9-10-15/h1-8,11,13,15H,9-10,12H2. The van der Waals surface area contributed by atoms with Crippen molar-refractivity contribution in [2.45, 2.75) is 31.2 Å². The van der Waals surface area contributed by atoms with Crippen LogP contribution in [0.2, 0.25) is 0 Å². The Morgan fingerprint density at radius 2 is 1.78 bits per heavy atom. The fourth-order valence-electron chi connectivity index (χ4n) is 3.08. The van der Waals surface area contributed by atoms with E-state index < -0.39 is 23.1 Å². The number of benzene rings is 2. The Labute approximate surface area is 154 Å². The Morgan fingerprint density at radius 1 is 1.00 bits per heavy atom. The number of hydrogen-bond donors (Lipinski definition) is 0. The number of ether oxygens (including phenoxy) is 1. The first-order valence-corrected chi connectivity index (χ1v) is 8.71. The molecule has 27 heavy (non-hydrogen) atoms. The van der Waals surface area contributed by atoms with Gasteiger partial charge < -0.3 is 4.74 Å². The first-order chi connectivity index (χ1) is 13.1. The smallest absolute Gasteiger partial charge is 0.268 e. The quantitative estimate of drug-likeness (QED) is 0.611. The second-order valence-corrected chi connectivity index (χ2v) is 6.57. The highest BCUT2D eigenvalue weighted by Gasteiger charge is 2.44. The van der Waals surface area contributed by atoms with Gasteiger partial charge in [-0.15, -0.1) is 0 Å². The SMILES string of the molecule is Fc1cccc(C(F)(OCc2ccccc2)c2cncnc2C2CC2)c1F. The molecule has 3 aromatic rings. The van der Waals surface area contributed by atoms with Gasteiger partial charge in [0.05, 0.1) is 23.4 Å². The van der Waals surface area contributed by atoms with Crippen LogP contribution >= 0.6 is 0 Å². The van der Waals surface area contributed by atoms with Gasteiger partial charge in [-0.25, -0.2) is 23.1 Å². The average Bonchev–Trinajstić information content (AvgIpc) is 3.54. The fourth-order valence-corrected chi connectivity index (χ4v) is 3.08. The Bertz CT molecular complexity index is 947. The van der Waals surface area contributed by atoms with Crippen molar-refractivity contribution in [1.82, 2.24) is 9.97 Å². The molecule has 0 spiro atoms. The Morgan fingerprint density at radius 3 is 2.52 bits per heavy atom. The van der Waals surface area contributed by atoms with Crippen molar-refractivity contribution in [3.8, 4) is 0 Å². The van der Waals surface area contributed by atoms with Crippen molar-refractivity contribution >= 4 is 0 Å². The summed E-state index contributed by atoms with van der Waals surface area (Å²) in [5, 5.41) is 0. The van der Waals surface area contributed by atoms with Gasteiger partial charge in [0.25, 0.3) is 5.85 Å². The third-order valence-corrected chi connectivity index (χ3v) is 4.63. The van der Waals surface area contributed by atoms with Crippen molar-refractivity contribution in [2.75, 3.05) is 0 Å². The lowest BCUT2D eigenvalue weighted by molar-refractivity contribution is -0.132. The van der Waals surface area contributed by atoms with E-state index in [1.165, 1.54) is 24.7 Å². The van der Waals surface area contributed by atoms with Crippen molar-refractivity contribution in [3.05, 3.63) is 95.1 Å². The van der Waals surface area contributed by atoms with Crippen LogP contribution in [0, 0.1) is 11.6 Å². The maximum atomic E-state index is 16.3. The number of aromatic nitrogens is 2. The summed E-state index contributed by atoms with van der Waals surface area (Å²) in [6, 6.07) is 12.3. The van der Waals surface area contributed by atoms with Crippen molar-refractivity contribution in [3.63, 3.8) is 0 Å². The minimum Gasteiger partial charge on any atom is -0.334 e. The number of halogens is 3. The lowest BCUT2D eigenvalue weighted by Crippen LogP contribution is -2.29. The minimum absolute atomic E-state index is 0.0212. The van der Waals surface area contributed by atoms with Gasteiger partial charge in [-0.3, -0.25) is 0 Å². The number of hydrogen-bond acceptors (Lipinski definition) is 3. The zero-order valence-electron chi connectivity index (χ0n) is 14.4. The topological polar surface area (TPSA) is 35.0 Å². The van der Waals surface area contributed by atoms with E-state index in [4.69, 9.17) is 4.74 Å². The largest absolute Gasteiger partial charge is 0.334 e. The molecular formula is C21H17F3N2O. The van der Waals surface area contributed by atoms with Crippen LogP contribution in [0.1, 0.15) is 41.1 Å². The van der Waals surface area contributed by atoms with Gasteiger partial charge >= 0.3 is 0 Å². The van der Waals surface area contributed by atoms with Gasteiger partial charge in [0, 0.05) is 12.1 Å². The minimum atomic E-state index is -2.71. The zero-order valence-corrected chi connectivity index (χ0v) is 14.4. The molecular weight excluding hydrogens is 353 g/mol. The van der Waals surface area contributed by atoms with Crippen LogP contribution in [0.25, 0.3) is 0 Å². The molecule has 1 aromatic heterocycles. The molecule has 0 aliphatic heterocycles. The van der Waals surface area contributed by atoms with Gasteiger partial charge in [-0.1, -0.05) is 36.4 Å². The first kappa shape index (κ1) is 17.7. The molecule has 0 saturated heterocycles. The highest BCUT2D eigenvalue weighted by atomic mass is 19.2. The summed E-state index contributed by atoms with van der Waals surface area (Å²) in [5.41, 5.74) is 0.688. The monoisotopic (exact) mass is 370 g/mol. The van der Waals surface area contributed by atoms with E-state index in [9.17, 15) is 8.78 Å². The van der Waals surface area contributed by atoms with Crippen molar-refractivity contribution in [1.29, 1.82) is 0 Å². The van der Waals surface area contributed by atoms with Crippen molar-refractivity contribution in [2.24, 2.45) is 0 Å². The molecule has 1 fully saturated rings. The lowest BCUT2D eigenvalue weighted by atomic mass is 9.96. The molecule has 1 heterocycles. The molecule has 1 atom stereocenters. The molecule has 1 aliphatic rings. The molecule has 1 aliphatic carbocycles. The van der Waals surface area contributed by atoms with E-state index in [1.54, 1.807) is 24.3 Å². The maximum absolute atomic E-state index is 16.3. The molecule has 138 valence electrons. The lowest BCUT2D eigenvalue weighted by Gasteiger charge is -2.28. The van der Waals surface area contributed by atoms with E-state index in [0.29, 0.717) is 11.3 Å². The Balaban J connectivity index is 1.81. The van der Waals surface area contributed by atoms with Crippen LogP contribution in [0.5, 0.6) is 0 Å². The van der Waals surface area contributed by atoms with E-state index in [1.807, 2.05) is 6.07 Å². The molecule has 6 heteroatoms. The summed E-state index contributed by atoms with van der Waals surface area (Å²) in [5.74, 6) is -5.04. The predicted molar refractivity (Wildman–Crippen MR) is 93.5 cm³/mol. The number of rotatable bonds is 6. The van der Waals surface area contributed by atoms with Gasteiger partial charge in [0.15, 0.2) is 11.6 Å². The summed E-state index contributed by atoms with van der Waals surface area (Å²) in [4.78, 5) is 8.10. The zero-order chi connectivity index (χ0) is 18.9. The van der Waals surface area contributed by atoms with Crippen LogP contribution in [0.15, 0.2) is 61.1 Å². The number of nitrogens with zero attached hydrogens (tertiary/aromatic N) is 2. The summed E-state index contributed by atoms with van der Waals surface area (Å²) >= 11 is 0. The van der Waals surface area contributed by atoms with Gasteiger partial charge in [-0.2, -0.15) is 0 Å². The van der Waals surface area contributed by atoms with Gasteiger partial charge in [0.2, 0.25) is 0 Å². The second-order valence-electron chi connectivity index (χ2n) is 6.57. The van der Waals surface area contributed by atoms with E-state index in [0.717, 1.165) is 18.9 Å². The van der Waals surface area contributed by atoms with Gasteiger partial charge in [0.1, 0.15) is 6.33 Å². The van der Waals surface area contributed by atoms with Crippen LogP contribution in [-0.2, 0) is 17.2 Å². The maximum Gasteiger partial charge on any atom is 0.268 e. The third kappa shape index (κ3) is 3.45.